The van der Waals surface area contributed by atoms with Crippen LogP contribution in [0.2, 0.25) is 0 Å². The Morgan fingerprint density at radius 2 is 2.32 bits per heavy atom. The third-order valence-electron chi connectivity index (χ3n) is 3.86. The number of hydrogen-bond donors (Lipinski definition) is 3. The summed E-state index contributed by atoms with van der Waals surface area (Å²) in [5.41, 5.74) is 1.09. The van der Waals surface area contributed by atoms with Crippen LogP contribution in [-0.4, -0.2) is 39.7 Å². The third-order valence-corrected chi connectivity index (χ3v) is 3.86. The van der Waals surface area contributed by atoms with Gasteiger partial charge in [-0.1, -0.05) is 0 Å². The van der Waals surface area contributed by atoms with E-state index in [1.807, 2.05) is 23.8 Å². The van der Waals surface area contributed by atoms with E-state index in [1.54, 1.807) is 6.20 Å². The molecule has 102 valence electrons. The molecule has 0 aliphatic heterocycles. The van der Waals surface area contributed by atoms with Crippen molar-refractivity contribution < 1.29 is 5.11 Å². The lowest BCUT2D eigenvalue weighted by Crippen LogP contribution is -2.18. The van der Waals surface area contributed by atoms with Gasteiger partial charge in [0.2, 0.25) is 0 Å². The van der Waals surface area contributed by atoms with E-state index in [0.29, 0.717) is 0 Å². The van der Waals surface area contributed by atoms with Crippen LogP contribution in [0.4, 0.5) is 11.6 Å². The van der Waals surface area contributed by atoms with Crippen molar-refractivity contribution in [1.29, 1.82) is 0 Å². The van der Waals surface area contributed by atoms with E-state index in [2.05, 4.69) is 20.6 Å². The molecule has 0 aromatic carbocycles. The molecule has 19 heavy (non-hydrogen) atoms. The summed E-state index contributed by atoms with van der Waals surface area (Å²) in [6, 6.07) is 0. The number of rotatable bonds is 6. The molecule has 0 unspecified atom stereocenters. The maximum Gasteiger partial charge on any atom is 0.180 e. The zero-order valence-electron chi connectivity index (χ0n) is 11.1. The Hall–Kier alpha value is -1.82. The van der Waals surface area contributed by atoms with E-state index in [-0.39, 0.29) is 12.0 Å². The Morgan fingerprint density at radius 3 is 3.00 bits per heavy atom. The Balaban J connectivity index is 1.81. The fourth-order valence-corrected chi connectivity index (χ4v) is 2.37. The highest BCUT2D eigenvalue weighted by Gasteiger charge is 2.41. The van der Waals surface area contributed by atoms with Crippen molar-refractivity contribution in [2.45, 2.75) is 19.3 Å². The van der Waals surface area contributed by atoms with Crippen molar-refractivity contribution in [2.24, 2.45) is 5.41 Å². The Kier molecular flexibility index (Phi) is 3.02. The van der Waals surface area contributed by atoms with Crippen molar-refractivity contribution >= 4 is 17.3 Å². The molecule has 0 atom stereocenters. The number of aliphatic hydroxyl groups excluding tert-OH is 1. The molecule has 1 saturated carbocycles. The highest BCUT2D eigenvalue weighted by Crippen LogP contribution is 2.48. The third kappa shape index (κ3) is 2.35. The Labute approximate surface area is 111 Å². The first-order chi connectivity index (χ1) is 9.26. The summed E-state index contributed by atoms with van der Waals surface area (Å²) in [7, 11) is 1.85. The SMILES string of the molecule is CNc1cn2ccnc2c(NCC2(CCO)CC2)n1. The predicted molar refractivity (Wildman–Crippen MR) is 74.4 cm³/mol. The summed E-state index contributed by atoms with van der Waals surface area (Å²) in [5.74, 6) is 1.60. The smallest absolute Gasteiger partial charge is 0.180 e. The zero-order chi connectivity index (χ0) is 13.3. The Morgan fingerprint density at radius 1 is 1.47 bits per heavy atom. The van der Waals surface area contributed by atoms with Gasteiger partial charge in [0.25, 0.3) is 0 Å². The number of hydrogen-bond acceptors (Lipinski definition) is 5. The molecule has 0 saturated heterocycles. The number of nitrogens with one attached hydrogen (secondary N) is 2. The minimum absolute atomic E-state index is 0.254. The first kappa shape index (κ1) is 12.2. The average Bonchev–Trinajstić information content (AvgIpc) is 3.02. The largest absolute Gasteiger partial charge is 0.396 e. The number of fused-ring (bicyclic) bond motifs is 1. The van der Waals surface area contributed by atoms with Crippen LogP contribution in [0.15, 0.2) is 18.6 Å². The molecular weight excluding hydrogens is 242 g/mol. The van der Waals surface area contributed by atoms with Gasteiger partial charge in [-0.3, -0.25) is 0 Å². The van der Waals surface area contributed by atoms with Crippen molar-refractivity contribution in [1.82, 2.24) is 14.4 Å². The van der Waals surface area contributed by atoms with Crippen molar-refractivity contribution in [3.05, 3.63) is 18.6 Å². The van der Waals surface area contributed by atoms with Crippen LogP contribution in [0.3, 0.4) is 0 Å². The van der Waals surface area contributed by atoms with E-state index in [1.165, 1.54) is 12.8 Å². The normalized spacial score (nSPS) is 16.5. The second-order valence-corrected chi connectivity index (χ2v) is 5.21. The molecule has 2 aromatic rings. The highest BCUT2D eigenvalue weighted by molar-refractivity contribution is 5.65. The second kappa shape index (κ2) is 4.70. The van der Waals surface area contributed by atoms with Gasteiger partial charge in [0, 0.05) is 32.6 Å². The maximum absolute atomic E-state index is 9.09. The molecule has 3 N–H and O–H groups in total. The van der Waals surface area contributed by atoms with Crippen LogP contribution in [0, 0.1) is 5.41 Å². The van der Waals surface area contributed by atoms with Crippen LogP contribution >= 0.6 is 0 Å². The molecule has 3 rings (SSSR count). The van der Waals surface area contributed by atoms with Gasteiger partial charge in [0.1, 0.15) is 5.82 Å². The molecular formula is C13H19N5O. The van der Waals surface area contributed by atoms with Crippen LogP contribution in [0.5, 0.6) is 0 Å². The minimum atomic E-state index is 0.254. The van der Waals surface area contributed by atoms with Crippen LogP contribution in [-0.2, 0) is 0 Å². The quantitative estimate of drug-likeness (QED) is 0.732. The lowest BCUT2D eigenvalue weighted by molar-refractivity contribution is 0.253. The number of aromatic nitrogens is 3. The first-order valence-electron chi connectivity index (χ1n) is 6.63. The topological polar surface area (TPSA) is 74.5 Å². The van der Waals surface area contributed by atoms with Gasteiger partial charge in [-0.05, 0) is 24.7 Å². The van der Waals surface area contributed by atoms with Crippen LogP contribution in [0.1, 0.15) is 19.3 Å². The molecule has 0 bridgehead atoms. The molecule has 0 amide bonds. The monoisotopic (exact) mass is 261 g/mol. The van der Waals surface area contributed by atoms with E-state index >= 15 is 0 Å². The van der Waals surface area contributed by atoms with Gasteiger partial charge >= 0.3 is 0 Å². The molecule has 2 aromatic heterocycles. The van der Waals surface area contributed by atoms with E-state index in [0.717, 1.165) is 30.2 Å². The molecule has 2 heterocycles. The predicted octanol–water partition coefficient (Wildman–Crippen LogP) is 1.35. The van der Waals surface area contributed by atoms with Gasteiger partial charge < -0.3 is 20.1 Å². The van der Waals surface area contributed by atoms with Gasteiger partial charge in [0.05, 0.1) is 6.20 Å². The minimum Gasteiger partial charge on any atom is -0.396 e. The molecule has 1 fully saturated rings. The molecule has 0 radical (unpaired) electrons. The van der Waals surface area contributed by atoms with Crippen molar-refractivity contribution in [3.63, 3.8) is 0 Å². The second-order valence-electron chi connectivity index (χ2n) is 5.21. The summed E-state index contributed by atoms with van der Waals surface area (Å²) >= 11 is 0. The molecule has 1 aliphatic rings. The fraction of sp³-hybridized carbons (Fsp3) is 0.538. The van der Waals surface area contributed by atoms with Gasteiger partial charge in [0.15, 0.2) is 11.5 Å². The summed E-state index contributed by atoms with van der Waals surface area (Å²) < 4.78 is 1.95. The summed E-state index contributed by atoms with van der Waals surface area (Å²) in [4.78, 5) is 8.84. The van der Waals surface area contributed by atoms with Crippen LogP contribution < -0.4 is 10.6 Å². The van der Waals surface area contributed by atoms with Gasteiger partial charge in [-0.15, -0.1) is 0 Å². The highest BCUT2D eigenvalue weighted by atomic mass is 16.3. The van der Waals surface area contributed by atoms with E-state index in [9.17, 15) is 0 Å². The number of nitrogens with zero attached hydrogens (tertiary/aromatic N) is 3. The lowest BCUT2D eigenvalue weighted by Gasteiger charge is -2.16. The standard InChI is InChI=1S/C13H19N5O/c1-14-10-8-18-6-5-15-12(18)11(17-10)16-9-13(2-3-13)4-7-19/h5-6,8,14,19H,2-4,7,9H2,1H3,(H,16,17). The lowest BCUT2D eigenvalue weighted by atomic mass is 10.0. The molecule has 0 spiro atoms. The molecule has 6 heteroatoms. The van der Waals surface area contributed by atoms with E-state index in [4.69, 9.17) is 5.11 Å². The van der Waals surface area contributed by atoms with Crippen molar-refractivity contribution in [2.75, 3.05) is 30.8 Å². The zero-order valence-corrected chi connectivity index (χ0v) is 11.1. The van der Waals surface area contributed by atoms with E-state index < -0.39 is 0 Å². The number of anilines is 2. The molecule has 6 nitrogen and oxygen atoms in total. The Bertz CT molecular complexity index is 575. The number of aliphatic hydroxyl groups is 1. The van der Waals surface area contributed by atoms with Gasteiger partial charge in [-0.2, -0.15) is 0 Å². The first-order valence-corrected chi connectivity index (χ1v) is 6.63. The summed E-state index contributed by atoms with van der Waals surface area (Å²) in [5, 5.41) is 15.5. The molecule has 1 aliphatic carbocycles. The fourth-order valence-electron chi connectivity index (χ4n) is 2.37. The summed E-state index contributed by atoms with van der Waals surface area (Å²) in [6.07, 6.45) is 8.80. The van der Waals surface area contributed by atoms with Crippen molar-refractivity contribution in [3.8, 4) is 0 Å². The summed E-state index contributed by atoms with van der Waals surface area (Å²) in [6.45, 7) is 1.10. The average molecular weight is 261 g/mol. The number of imidazole rings is 1. The van der Waals surface area contributed by atoms with Crippen LogP contribution in [0.25, 0.3) is 5.65 Å². The maximum atomic E-state index is 9.09. The van der Waals surface area contributed by atoms with Gasteiger partial charge in [-0.25, -0.2) is 9.97 Å².